The maximum absolute atomic E-state index is 13.4. The lowest BCUT2D eigenvalue weighted by atomic mass is 10.2. The van der Waals surface area contributed by atoms with Gasteiger partial charge in [0.2, 0.25) is 5.91 Å². The molecule has 0 aromatic heterocycles. The summed E-state index contributed by atoms with van der Waals surface area (Å²) in [6.07, 6.45) is -1.58. The average Bonchev–Trinajstić information content (AvgIpc) is 2.63. The number of aliphatic hydroxyl groups excluding tert-OH is 1. The van der Waals surface area contributed by atoms with Crippen LogP contribution in [0.5, 0.6) is 5.75 Å². The maximum Gasteiger partial charge on any atom is 0.252 e. The van der Waals surface area contributed by atoms with Crippen molar-refractivity contribution in [1.82, 2.24) is 5.32 Å². The fourth-order valence-electron chi connectivity index (χ4n) is 2.19. The molecule has 0 heterocycles. The lowest BCUT2D eigenvalue weighted by Crippen LogP contribution is -2.39. The van der Waals surface area contributed by atoms with E-state index in [2.05, 4.69) is 10.6 Å². The van der Waals surface area contributed by atoms with Crippen LogP contribution in [0.4, 0.5) is 14.5 Å². The number of carbonyl (C=O) groups excluding carboxylic acids is 2. The van der Waals surface area contributed by atoms with Gasteiger partial charge in [0.25, 0.3) is 5.91 Å². The Balaban J connectivity index is 1.72. The standard InChI is InChI=1S/C19H20F2N2O4/c1-12-4-2-3-5-17(12)27-11-16(24)19(26)22-9-8-18(25)23-15-10-13(20)6-7-14(15)21/h2-7,10,16,24H,8-9,11H2,1H3,(H,22,26)(H,23,25)/t16-/m0/s1. The highest BCUT2D eigenvalue weighted by Crippen LogP contribution is 2.16. The SMILES string of the molecule is Cc1ccccc1OC[C@H](O)C(=O)NCCC(=O)Nc1cc(F)ccc1F. The van der Waals surface area contributed by atoms with Gasteiger partial charge in [0.05, 0.1) is 5.69 Å². The lowest BCUT2D eigenvalue weighted by molar-refractivity contribution is -0.130. The number of para-hydroxylation sites is 1. The van der Waals surface area contributed by atoms with Crippen LogP contribution in [0.3, 0.4) is 0 Å². The minimum absolute atomic E-state index is 0.0803. The summed E-state index contributed by atoms with van der Waals surface area (Å²) in [5, 5.41) is 14.4. The normalized spacial score (nSPS) is 11.6. The van der Waals surface area contributed by atoms with Gasteiger partial charge in [-0.25, -0.2) is 8.78 Å². The second-order valence-corrected chi connectivity index (χ2v) is 5.81. The Labute approximate surface area is 155 Å². The molecule has 0 radical (unpaired) electrons. The number of hydrogen-bond donors (Lipinski definition) is 3. The topological polar surface area (TPSA) is 87.7 Å². The third-order valence-corrected chi connectivity index (χ3v) is 3.65. The highest BCUT2D eigenvalue weighted by atomic mass is 19.1. The molecule has 0 aliphatic heterocycles. The second kappa shape index (κ2) is 9.63. The zero-order valence-electron chi connectivity index (χ0n) is 14.7. The molecule has 144 valence electrons. The molecule has 0 bridgehead atoms. The van der Waals surface area contributed by atoms with Gasteiger partial charge in [0.1, 0.15) is 24.0 Å². The van der Waals surface area contributed by atoms with E-state index < -0.39 is 29.6 Å². The molecule has 0 saturated carbocycles. The van der Waals surface area contributed by atoms with E-state index in [9.17, 15) is 23.5 Å². The van der Waals surface area contributed by atoms with Crippen LogP contribution >= 0.6 is 0 Å². The molecule has 0 saturated heterocycles. The smallest absolute Gasteiger partial charge is 0.252 e. The fourth-order valence-corrected chi connectivity index (χ4v) is 2.19. The first-order chi connectivity index (χ1) is 12.9. The minimum atomic E-state index is -1.41. The van der Waals surface area contributed by atoms with Crippen LogP contribution in [0, 0.1) is 18.6 Å². The van der Waals surface area contributed by atoms with Gasteiger partial charge in [0, 0.05) is 19.0 Å². The molecule has 0 spiro atoms. The quantitative estimate of drug-likeness (QED) is 0.657. The number of rotatable bonds is 8. The van der Waals surface area contributed by atoms with Crippen LogP contribution in [0.25, 0.3) is 0 Å². The molecule has 2 aromatic rings. The molecule has 3 N–H and O–H groups in total. The van der Waals surface area contributed by atoms with Crippen LogP contribution < -0.4 is 15.4 Å². The molecular weight excluding hydrogens is 358 g/mol. The van der Waals surface area contributed by atoms with Crippen molar-refractivity contribution in [3.05, 3.63) is 59.7 Å². The number of amides is 2. The molecule has 1 atom stereocenters. The summed E-state index contributed by atoms with van der Waals surface area (Å²) in [6, 6.07) is 9.86. The van der Waals surface area contributed by atoms with Crippen molar-refractivity contribution in [2.75, 3.05) is 18.5 Å². The number of aryl methyl sites for hydroxylation is 1. The van der Waals surface area contributed by atoms with Gasteiger partial charge < -0.3 is 20.5 Å². The van der Waals surface area contributed by atoms with E-state index in [1.165, 1.54) is 0 Å². The molecule has 27 heavy (non-hydrogen) atoms. The Morgan fingerprint density at radius 3 is 2.67 bits per heavy atom. The Morgan fingerprint density at radius 1 is 1.19 bits per heavy atom. The highest BCUT2D eigenvalue weighted by molar-refractivity contribution is 5.91. The summed E-state index contributed by atoms with van der Waals surface area (Å²) in [5.41, 5.74) is 0.587. The summed E-state index contributed by atoms with van der Waals surface area (Å²) in [5.74, 6) is -2.20. The van der Waals surface area contributed by atoms with Crippen molar-refractivity contribution in [1.29, 1.82) is 0 Å². The van der Waals surface area contributed by atoms with Crippen LogP contribution in [0.2, 0.25) is 0 Å². The van der Waals surface area contributed by atoms with Crippen molar-refractivity contribution in [2.24, 2.45) is 0 Å². The van der Waals surface area contributed by atoms with E-state index in [-0.39, 0.29) is 25.3 Å². The third kappa shape index (κ3) is 6.34. The largest absolute Gasteiger partial charge is 0.490 e. The second-order valence-electron chi connectivity index (χ2n) is 5.81. The number of nitrogens with one attached hydrogen (secondary N) is 2. The summed E-state index contributed by atoms with van der Waals surface area (Å²) in [6.45, 7) is 1.52. The summed E-state index contributed by atoms with van der Waals surface area (Å²) in [7, 11) is 0. The number of hydrogen-bond acceptors (Lipinski definition) is 4. The van der Waals surface area contributed by atoms with Crippen molar-refractivity contribution in [3.8, 4) is 5.75 Å². The van der Waals surface area contributed by atoms with E-state index in [1.807, 2.05) is 19.1 Å². The Hall–Kier alpha value is -3.00. The van der Waals surface area contributed by atoms with Crippen LogP contribution in [-0.2, 0) is 9.59 Å². The van der Waals surface area contributed by atoms with Crippen molar-refractivity contribution in [3.63, 3.8) is 0 Å². The molecule has 2 rings (SSSR count). The molecule has 0 aliphatic carbocycles. The van der Waals surface area contributed by atoms with Gasteiger partial charge in [0.15, 0.2) is 6.10 Å². The van der Waals surface area contributed by atoms with Gasteiger partial charge in [-0.3, -0.25) is 9.59 Å². The van der Waals surface area contributed by atoms with Crippen LogP contribution in [0.1, 0.15) is 12.0 Å². The lowest BCUT2D eigenvalue weighted by Gasteiger charge is -2.14. The molecule has 0 fully saturated rings. The zero-order chi connectivity index (χ0) is 19.8. The number of anilines is 1. The first-order valence-corrected chi connectivity index (χ1v) is 8.26. The van der Waals surface area contributed by atoms with E-state index >= 15 is 0 Å². The summed E-state index contributed by atoms with van der Waals surface area (Å²) in [4.78, 5) is 23.5. The van der Waals surface area contributed by atoms with E-state index in [4.69, 9.17) is 4.74 Å². The van der Waals surface area contributed by atoms with Crippen molar-refractivity contribution in [2.45, 2.75) is 19.4 Å². The van der Waals surface area contributed by atoms with Gasteiger partial charge in [-0.15, -0.1) is 0 Å². The fraction of sp³-hybridized carbons (Fsp3) is 0.263. The average molecular weight is 378 g/mol. The number of ether oxygens (including phenoxy) is 1. The van der Waals surface area contributed by atoms with Gasteiger partial charge in [-0.1, -0.05) is 18.2 Å². The Morgan fingerprint density at radius 2 is 1.93 bits per heavy atom. The summed E-state index contributed by atoms with van der Waals surface area (Å²) < 4.78 is 31.9. The number of aliphatic hydroxyl groups is 1. The van der Waals surface area contributed by atoms with E-state index in [0.29, 0.717) is 5.75 Å². The van der Waals surface area contributed by atoms with Gasteiger partial charge in [-0.05, 0) is 30.7 Å². The Kier molecular flexibility index (Phi) is 7.25. The molecule has 2 aromatic carbocycles. The summed E-state index contributed by atoms with van der Waals surface area (Å²) >= 11 is 0. The third-order valence-electron chi connectivity index (χ3n) is 3.65. The van der Waals surface area contributed by atoms with Crippen molar-refractivity contribution < 1.29 is 28.2 Å². The number of benzene rings is 2. The molecule has 2 amide bonds. The molecule has 8 heteroatoms. The minimum Gasteiger partial charge on any atom is -0.490 e. The van der Waals surface area contributed by atoms with Crippen molar-refractivity contribution >= 4 is 17.5 Å². The first-order valence-electron chi connectivity index (χ1n) is 8.26. The van der Waals surface area contributed by atoms with Crippen LogP contribution in [-0.4, -0.2) is 36.2 Å². The predicted molar refractivity (Wildman–Crippen MR) is 95.3 cm³/mol. The van der Waals surface area contributed by atoms with E-state index in [0.717, 1.165) is 23.8 Å². The van der Waals surface area contributed by atoms with Crippen LogP contribution in [0.15, 0.2) is 42.5 Å². The zero-order valence-corrected chi connectivity index (χ0v) is 14.7. The molecule has 0 aliphatic rings. The number of carbonyl (C=O) groups is 2. The number of halogens is 2. The molecule has 6 nitrogen and oxygen atoms in total. The maximum atomic E-state index is 13.4. The molecular formula is C19H20F2N2O4. The Bertz CT molecular complexity index is 814. The van der Waals surface area contributed by atoms with Gasteiger partial charge in [-0.2, -0.15) is 0 Å². The highest BCUT2D eigenvalue weighted by Gasteiger charge is 2.16. The molecule has 0 unspecified atom stereocenters. The van der Waals surface area contributed by atoms with Gasteiger partial charge >= 0.3 is 0 Å². The first kappa shape index (κ1) is 20.3. The monoisotopic (exact) mass is 378 g/mol. The predicted octanol–water partition coefficient (Wildman–Crippen LogP) is 2.16. The van der Waals surface area contributed by atoms with E-state index in [1.54, 1.807) is 12.1 Å².